The first-order valence-electron chi connectivity index (χ1n) is 9.72. The third kappa shape index (κ3) is 5.23. The van der Waals surface area contributed by atoms with Crippen LogP contribution in [-0.4, -0.2) is 44.6 Å². The highest BCUT2D eigenvalue weighted by Gasteiger charge is 2.30. The molecule has 1 amide bonds. The fourth-order valence-corrected chi connectivity index (χ4v) is 4.46. The van der Waals surface area contributed by atoms with Crippen molar-refractivity contribution in [3.05, 3.63) is 77.9 Å². The van der Waals surface area contributed by atoms with Crippen molar-refractivity contribution in [2.75, 3.05) is 19.6 Å². The van der Waals surface area contributed by atoms with Gasteiger partial charge >= 0.3 is 0 Å². The van der Waals surface area contributed by atoms with Crippen LogP contribution in [0.4, 0.5) is 8.78 Å². The Morgan fingerprint density at radius 3 is 2.35 bits per heavy atom. The van der Waals surface area contributed by atoms with E-state index in [1.54, 1.807) is 4.90 Å². The molecule has 1 heterocycles. The van der Waals surface area contributed by atoms with Crippen LogP contribution in [0.1, 0.15) is 33.6 Å². The molecule has 0 unspecified atom stereocenters. The average molecular weight is 448 g/mol. The number of nitrogens with zero attached hydrogens (tertiary/aromatic N) is 1. The van der Waals surface area contributed by atoms with Crippen molar-refractivity contribution in [3.8, 4) is 0 Å². The monoisotopic (exact) mass is 448 g/mol. The minimum Gasteiger partial charge on any atom is -0.339 e. The van der Waals surface area contributed by atoms with Crippen molar-refractivity contribution in [1.82, 2.24) is 9.62 Å². The number of ketones is 1. The van der Waals surface area contributed by atoms with Crippen LogP contribution in [0.3, 0.4) is 0 Å². The molecule has 0 spiro atoms. The average Bonchev–Trinajstić information content (AvgIpc) is 2.78. The molecular weight excluding hydrogens is 426 g/mol. The summed E-state index contributed by atoms with van der Waals surface area (Å²) in [5.41, 5.74) is 0.0512. The zero-order valence-electron chi connectivity index (χ0n) is 16.7. The molecule has 0 aromatic heterocycles. The molecule has 2 aromatic rings. The van der Waals surface area contributed by atoms with Gasteiger partial charge in [-0.1, -0.05) is 6.08 Å². The topological polar surface area (TPSA) is 83.6 Å². The third-order valence-corrected chi connectivity index (χ3v) is 6.62. The predicted octanol–water partition coefficient (Wildman–Crippen LogP) is 3.16. The highest BCUT2D eigenvalue weighted by molar-refractivity contribution is 7.89. The Hall–Kier alpha value is -2.91. The molecule has 0 saturated carbocycles. The molecule has 1 saturated heterocycles. The number of hydrogen-bond donors (Lipinski definition) is 1. The van der Waals surface area contributed by atoms with Gasteiger partial charge in [0.2, 0.25) is 10.0 Å². The SMILES string of the molecule is C=CCNS(=O)(=O)c1ccc(C(=O)N2CCC(C(=O)c3cc(F)ccc3F)CC2)cc1. The molecule has 1 aliphatic rings. The number of halogens is 2. The van der Waals surface area contributed by atoms with Crippen molar-refractivity contribution in [3.63, 3.8) is 0 Å². The number of piperidine rings is 1. The molecule has 2 aromatic carbocycles. The van der Waals surface area contributed by atoms with Gasteiger partial charge in [-0.25, -0.2) is 21.9 Å². The van der Waals surface area contributed by atoms with Crippen LogP contribution in [0.15, 0.2) is 60.0 Å². The summed E-state index contributed by atoms with van der Waals surface area (Å²) in [6, 6.07) is 8.35. The maximum atomic E-state index is 13.9. The molecular formula is C22H22F2N2O4S. The number of Topliss-reactive ketones (excluding diaryl/α,β-unsaturated/α-hetero) is 1. The summed E-state index contributed by atoms with van der Waals surface area (Å²) in [6.07, 6.45) is 2.09. The van der Waals surface area contributed by atoms with Gasteiger partial charge in [-0.15, -0.1) is 6.58 Å². The van der Waals surface area contributed by atoms with Gasteiger partial charge in [-0.2, -0.15) is 0 Å². The minimum absolute atomic E-state index is 0.0346. The van der Waals surface area contributed by atoms with E-state index in [4.69, 9.17) is 0 Å². The maximum absolute atomic E-state index is 13.9. The number of nitrogens with one attached hydrogen (secondary N) is 1. The number of likely N-dealkylation sites (tertiary alicyclic amines) is 1. The Bertz CT molecular complexity index is 1090. The van der Waals surface area contributed by atoms with Crippen molar-refractivity contribution in [2.45, 2.75) is 17.7 Å². The van der Waals surface area contributed by atoms with Gasteiger partial charge in [-0.05, 0) is 55.3 Å². The summed E-state index contributed by atoms with van der Waals surface area (Å²) in [4.78, 5) is 26.9. The third-order valence-electron chi connectivity index (χ3n) is 5.18. The molecule has 0 radical (unpaired) electrons. The standard InChI is InChI=1S/C22H22F2N2O4S/c1-2-11-25-31(29,30)18-6-3-16(4-7-18)22(28)26-12-9-15(10-13-26)21(27)19-14-17(23)5-8-20(19)24/h2-8,14-15,25H,1,9-13H2. The van der Waals surface area contributed by atoms with E-state index in [0.29, 0.717) is 18.4 Å². The van der Waals surface area contributed by atoms with Crippen LogP contribution < -0.4 is 4.72 Å². The quantitative estimate of drug-likeness (QED) is 0.521. The van der Waals surface area contributed by atoms with Gasteiger partial charge in [-0.3, -0.25) is 9.59 Å². The minimum atomic E-state index is -3.68. The van der Waals surface area contributed by atoms with E-state index >= 15 is 0 Å². The lowest BCUT2D eigenvalue weighted by molar-refractivity contribution is 0.0649. The Morgan fingerprint density at radius 2 is 1.74 bits per heavy atom. The van der Waals surface area contributed by atoms with Gasteiger partial charge in [0.05, 0.1) is 10.5 Å². The first-order valence-corrected chi connectivity index (χ1v) is 11.2. The van der Waals surface area contributed by atoms with Crippen molar-refractivity contribution >= 4 is 21.7 Å². The fourth-order valence-electron chi connectivity index (χ4n) is 3.46. The van der Waals surface area contributed by atoms with E-state index in [2.05, 4.69) is 11.3 Å². The second-order valence-corrected chi connectivity index (χ2v) is 8.99. The van der Waals surface area contributed by atoms with E-state index in [9.17, 15) is 26.8 Å². The zero-order valence-corrected chi connectivity index (χ0v) is 17.5. The largest absolute Gasteiger partial charge is 0.339 e. The van der Waals surface area contributed by atoms with Crippen LogP contribution in [0.25, 0.3) is 0 Å². The lowest BCUT2D eigenvalue weighted by atomic mass is 9.88. The van der Waals surface area contributed by atoms with E-state index < -0.39 is 33.4 Å². The van der Waals surface area contributed by atoms with E-state index in [-0.39, 0.29) is 36.0 Å². The smallest absolute Gasteiger partial charge is 0.253 e. The van der Waals surface area contributed by atoms with Gasteiger partial charge in [0.1, 0.15) is 11.6 Å². The molecule has 6 nitrogen and oxygen atoms in total. The summed E-state index contributed by atoms with van der Waals surface area (Å²) < 4.78 is 53.8. The Labute approximate surface area is 179 Å². The molecule has 0 atom stereocenters. The second-order valence-electron chi connectivity index (χ2n) is 7.22. The summed E-state index contributed by atoms with van der Waals surface area (Å²) in [5, 5.41) is 0. The number of carbonyl (C=O) groups excluding carboxylic acids is 2. The van der Waals surface area contributed by atoms with E-state index in [0.717, 1.165) is 18.2 Å². The van der Waals surface area contributed by atoms with Crippen LogP contribution in [0.5, 0.6) is 0 Å². The molecule has 1 N–H and O–H groups in total. The molecule has 0 bridgehead atoms. The molecule has 164 valence electrons. The fraction of sp³-hybridized carbons (Fsp3) is 0.273. The number of rotatable bonds is 7. The van der Waals surface area contributed by atoms with Crippen molar-refractivity contribution in [1.29, 1.82) is 0 Å². The lowest BCUT2D eigenvalue weighted by Crippen LogP contribution is -2.40. The normalized spacial score (nSPS) is 15.0. The van der Waals surface area contributed by atoms with Crippen molar-refractivity contribution in [2.24, 2.45) is 5.92 Å². The molecule has 1 fully saturated rings. The number of amides is 1. The number of hydrogen-bond acceptors (Lipinski definition) is 4. The van der Waals surface area contributed by atoms with Gasteiger partial charge in [0, 0.05) is 31.1 Å². The van der Waals surface area contributed by atoms with Crippen LogP contribution in [0, 0.1) is 17.6 Å². The lowest BCUT2D eigenvalue weighted by Gasteiger charge is -2.31. The van der Waals surface area contributed by atoms with Gasteiger partial charge in [0.25, 0.3) is 5.91 Å². The number of benzene rings is 2. The van der Waals surface area contributed by atoms with Crippen LogP contribution in [-0.2, 0) is 10.0 Å². The molecule has 3 rings (SSSR count). The van der Waals surface area contributed by atoms with E-state index in [1.807, 2.05) is 0 Å². The summed E-state index contributed by atoms with van der Waals surface area (Å²) in [6.45, 7) is 4.12. The molecule has 1 aliphatic heterocycles. The zero-order chi connectivity index (χ0) is 22.6. The van der Waals surface area contributed by atoms with E-state index in [1.165, 1.54) is 30.3 Å². The number of sulfonamides is 1. The van der Waals surface area contributed by atoms with Crippen molar-refractivity contribution < 1.29 is 26.8 Å². The van der Waals surface area contributed by atoms with Crippen LogP contribution >= 0.6 is 0 Å². The summed E-state index contributed by atoms with van der Waals surface area (Å²) in [7, 11) is -3.68. The molecule has 0 aliphatic carbocycles. The van der Waals surface area contributed by atoms with Gasteiger partial charge in [0.15, 0.2) is 5.78 Å². The number of carbonyl (C=O) groups is 2. The predicted molar refractivity (Wildman–Crippen MR) is 111 cm³/mol. The highest BCUT2D eigenvalue weighted by Crippen LogP contribution is 2.25. The Balaban J connectivity index is 1.63. The molecule has 9 heteroatoms. The second kappa shape index (κ2) is 9.49. The maximum Gasteiger partial charge on any atom is 0.253 e. The first kappa shape index (κ1) is 22.8. The van der Waals surface area contributed by atoms with Gasteiger partial charge < -0.3 is 4.90 Å². The summed E-state index contributed by atoms with van der Waals surface area (Å²) >= 11 is 0. The Morgan fingerprint density at radius 1 is 1.10 bits per heavy atom. The Kier molecular flexibility index (Phi) is 6.97. The first-order chi connectivity index (χ1) is 14.7. The summed E-state index contributed by atoms with van der Waals surface area (Å²) in [5.74, 6) is -2.69. The highest BCUT2D eigenvalue weighted by atomic mass is 32.2. The molecule has 31 heavy (non-hydrogen) atoms. The van der Waals surface area contributed by atoms with Crippen LogP contribution in [0.2, 0.25) is 0 Å².